The molecule has 0 N–H and O–H groups in total. The number of ether oxygens (including phenoxy) is 1. The standard InChI is InChI=1S/C37H28N6O.Pt/c1-23-17-30(37-41-25(3)40-26(4)42-37)18-24(2)36(23)28-15-16-38-34(20-28)27-10-7-12-32(19-27)44-33-13-8-11-31(21-33)43-35-14-6-5-9-29(35)22-39-43;/h5-18,20,22H,1-4H3;/q-2;+2/i1D3,2D3,3D3,4D3;. The molecule has 0 amide bonds. The van der Waals surface area contributed by atoms with Gasteiger partial charge in [-0.3, -0.25) is 4.68 Å². The fourth-order valence-electron chi connectivity index (χ4n) is 4.88. The Morgan fingerprint density at radius 2 is 1.49 bits per heavy atom. The Hall–Kier alpha value is -5.00. The summed E-state index contributed by atoms with van der Waals surface area (Å²) in [5.74, 6) is -1.50. The number of pyridine rings is 1. The molecule has 7 aromatic rings. The molecule has 0 unspecified atom stereocenters. The molecule has 3 heterocycles. The minimum Gasteiger partial charge on any atom is -0.503 e. The van der Waals surface area contributed by atoms with Crippen LogP contribution in [0, 0.1) is 39.5 Å². The molecule has 0 aliphatic heterocycles. The molecule has 0 saturated heterocycles. The smallest absolute Gasteiger partial charge is 0.503 e. The van der Waals surface area contributed by atoms with E-state index < -0.39 is 56.0 Å². The maximum Gasteiger partial charge on any atom is 2.00 e. The van der Waals surface area contributed by atoms with Crippen molar-refractivity contribution in [2.24, 2.45) is 0 Å². The third kappa shape index (κ3) is 6.17. The summed E-state index contributed by atoms with van der Waals surface area (Å²) in [5, 5.41) is 5.45. The maximum atomic E-state index is 8.43. The van der Waals surface area contributed by atoms with E-state index in [0.717, 1.165) is 23.0 Å². The van der Waals surface area contributed by atoms with Crippen LogP contribution >= 0.6 is 0 Å². The molecule has 7 nitrogen and oxygen atoms in total. The fourth-order valence-corrected chi connectivity index (χ4v) is 4.88. The molecule has 4 aromatic carbocycles. The van der Waals surface area contributed by atoms with E-state index in [1.54, 1.807) is 35.1 Å². The fraction of sp³-hybridized carbons (Fsp3) is 0.108. The first kappa shape index (κ1) is 18.7. The van der Waals surface area contributed by atoms with Crippen molar-refractivity contribution in [2.75, 3.05) is 0 Å². The van der Waals surface area contributed by atoms with E-state index in [2.05, 4.69) is 37.2 Å². The second-order valence-corrected chi connectivity index (χ2v) is 9.73. The molecule has 45 heavy (non-hydrogen) atoms. The van der Waals surface area contributed by atoms with Crippen LogP contribution in [-0.2, 0) is 21.1 Å². The summed E-state index contributed by atoms with van der Waals surface area (Å²) in [6, 6.07) is 29.8. The average molecular weight is 780 g/mol. The number of fused-ring (bicyclic) bond motifs is 1. The predicted molar refractivity (Wildman–Crippen MR) is 172 cm³/mol. The number of benzene rings is 4. The molecule has 7 rings (SSSR count). The first-order chi connectivity index (χ1) is 26.3. The summed E-state index contributed by atoms with van der Waals surface area (Å²) in [6.07, 6.45) is 3.16. The van der Waals surface area contributed by atoms with E-state index in [-0.39, 0.29) is 37.8 Å². The number of nitrogens with zero attached hydrogens (tertiary/aromatic N) is 6. The Morgan fingerprint density at radius 3 is 2.27 bits per heavy atom. The van der Waals surface area contributed by atoms with Crippen LogP contribution in [0.25, 0.3) is 50.4 Å². The summed E-state index contributed by atoms with van der Waals surface area (Å²) in [4.78, 5) is 15.9. The first-order valence-electron chi connectivity index (χ1n) is 19.3. The van der Waals surface area contributed by atoms with Crippen molar-refractivity contribution in [1.82, 2.24) is 29.7 Å². The van der Waals surface area contributed by atoms with Gasteiger partial charge in [-0.25, -0.2) is 15.0 Å². The number of aryl methyl sites for hydroxylation is 4. The van der Waals surface area contributed by atoms with Crippen LogP contribution in [-0.4, -0.2) is 29.7 Å². The first-order valence-corrected chi connectivity index (χ1v) is 13.3. The molecule has 0 saturated carbocycles. The van der Waals surface area contributed by atoms with Crippen LogP contribution in [0.1, 0.15) is 39.2 Å². The zero-order valence-electron chi connectivity index (χ0n) is 35.1. The second-order valence-electron chi connectivity index (χ2n) is 9.73. The Balaban J connectivity index is 0.00000549. The Kier molecular flexibility index (Phi) is 5.22. The molecular formula is C37H28N6OPt. The van der Waals surface area contributed by atoms with Gasteiger partial charge >= 0.3 is 21.1 Å². The summed E-state index contributed by atoms with van der Waals surface area (Å²) in [5.41, 5.74) is 1.27. The van der Waals surface area contributed by atoms with Crippen molar-refractivity contribution >= 4 is 10.9 Å². The van der Waals surface area contributed by atoms with Crippen LogP contribution in [0.3, 0.4) is 0 Å². The molecular weight excluding hydrogens is 740 g/mol. The van der Waals surface area contributed by atoms with E-state index in [1.807, 2.05) is 36.4 Å². The Bertz CT molecular complexity index is 2530. The summed E-state index contributed by atoms with van der Waals surface area (Å²) in [6.45, 7) is -11.8. The van der Waals surface area contributed by atoms with Gasteiger partial charge in [0.1, 0.15) is 11.6 Å². The van der Waals surface area contributed by atoms with Gasteiger partial charge in [0.05, 0.1) is 11.7 Å². The second kappa shape index (κ2) is 12.5. The van der Waals surface area contributed by atoms with E-state index in [9.17, 15) is 0 Å². The molecule has 222 valence electrons. The maximum absolute atomic E-state index is 8.43. The number of para-hydroxylation sites is 1. The number of hydrogen-bond donors (Lipinski definition) is 0. The minimum absolute atomic E-state index is 0. The Labute approximate surface area is 293 Å². The van der Waals surface area contributed by atoms with Gasteiger partial charge in [-0.2, -0.15) is 11.2 Å². The van der Waals surface area contributed by atoms with E-state index >= 15 is 0 Å². The zero-order chi connectivity index (χ0) is 40.2. The zero-order valence-corrected chi connectivity index (χ0v) is 25.4. The van der Waals surface area contributed by atoms with Crippen molar-refractivity contribution in [1.29, 1.82) is 0 Å². The van der Waals surface area contributed by atoms with Gasteiger partial charge in [0.15, 0.2) is 5.82 Å². The van der Waals surface area contributed by atoms with Gasteiger partial charge in [-0.15, -0.1) is 42.0 Å². The predicted octanol–water partition coefficient (Wildman–Crippen LogP) is 8.23. The van der Waals surface area contributed by atoms with Crippen LogP contribution < -0.4 is 4.74 Å². The summed E-state index contributed by atoms with van der Waals surface area (Å²) >= 11 is 0. The molecule has 0 bridgehead atoms. The molecule has 0 aliphatic rings. The van der Waals surface area contributed by atoms with Gasteiger partial charge in [0.2, 0.25) is 0 Å². The van der Waals surface area contributed by atoms with E-state index in [0.29, 0.717) is 28.4 Å². The molecule has 0 aliphatic carbocycles. The molecule has 0 fully saturated rings. The van der Waals surface area contributed by atoms with Crippen molar-refractivity contribution < 1.29 is 42.3 Å². The van der Waals surface area contributed by atoms with E-state index in [4.69, 9.17) is 21.2 Å². The van der Waals surface area contributed by atoms with Gasteiger partial charge in [0, 0.05) is 45.1 Å². The quantitative estimate of drug-likeness (QED) is 0.158. The third-order valence-corrected chi connectivity index (χ3v) is 6.80. The van der Waals surface area contributed by atoms with Crippen molar-refractivity contribution in [3.8, 4) is 51.0 Å². The number of hydrogen-bond acceptors (Lipinski definition) is 6. The molecule has 0 radical (unpaired) electrons. The van der Waals surface area contributed by atoms with Crippen LogP contribution in [0.15, 0.2) is 97.3 Å². The molecule has 0 spiro atoms. The topological polar surface area (TPSA) is 78.6 Å². The monoisotopic (exact) mass is 779 g/mol. The molecule has 3 aromatic heterocycles. The van der Waals surface area contributed by atoms with Crippen LogP contribution in [0.4, 0.5) is 0 Å². The van der Waals surface area contributed by atoms with Crippen LogP contribution in [0.2, 0.25) is 0 Å². The molecule has 8 heteroatoms. The van der Waals surface area contributed by atoms with Crippen molar-refractivity contribution in [3.05, 3.63) is 132 Å². The number of aromatic nitrogens is 6. The minimum atomic E-state index is -2.96. The average Bonchev–Trinajstić information content (AvgIpc) is 3.57. The van der Waals surface area contributed by atoms with Crippen molar-refractivity contribution in [3.63, 3.8) is 0 Å². The van der Waals surface area contributed by atoms with Gasteiger partial charge in [-0.05, 0) is 85.3 Å². The van der Waals surface area contributed by atoms with E-state index in [1.165, 1.54) is 18.3 Å². The van der Waals surface area contributed by atoms with Crippen molar-refractivity contribution in [2.45, 2.75) is 27.4 Å². The van der Waals surface area contributed by atoms with Gasteiger partial charge in [-0.1, -0.05) is 30.3 Å². The largest absolute Gasteiger partial charge is 2.00 e. The molecule has 0 atom stereocenters. The third-order valence-electron chi connectivity index (χ3n) is 6.80. The number of rotatable bonds is 6. The normalized spacial score (nSPS) is 16.0. The summed E-state index contributed by atoms with van der Waals surface area (Å²) in [7, 11) is 0. The van der Waals surface area contributed by atoms with Gasteiger partial charge in [0.25, 0.3) is 0 Å². The van der Waals surface area contributed by atoms with Gasteiger partial charge < -0.3 is 9.72 Å². The van der Waals surface area contributed by atoms with Crippen LogP contribution in [0.5, 0.6) is 11.5 Å². The Morgan fingerprint density at radius 1 is 0.733 bits per heavy atom. The summed E-state index contributed by atoms with van der Waals surface area (Å²) < 4.78 is 105. The SMILES string of the molecule is [2H]C([2H])([2H])c1nc(-c2cc(C([2H])([2H])[2H])c(-c3ccnc(-c4[c-]c(Oc5[c-]c(-n6ncc7ccccc76)ccc5)ccc4)c3)c(C([2H])([2H])[2H])c2)nc(C([2H])([2H])[2H])n1.[Pt+2].